The number of aliphatic imine (C=N–C) groups is 1. The maximum atomic E-state index is 11.8. The summed E-state index contributed by atoms with van der Waals surface area (Å²) in [5.74, 6) is 0.755. The second kappa shape index (κ2) is 10.2. The highest BCUT2D eigenvalue weighted by Crippen LogP contribution is 2.14. The summed E-state index contributed by atoms with van der Waals surface area (Å²) in [6, 6.07) is 7.99. The lowest BCUT2D eigenvalue weighted by molar-refractivity contribution is -0.127. The Morgan fingerprint density at radius 2 is 2.08 bits per heavy atom. The second-order valence-electron chi connectivity index (χ2n) is 6.49. The number of benzene rings is 1. The Kier molecular flexibility index (Phi) is 7.94. The highest BCUT2D eigenvalue weighted by molar-refractivity contribution is 6.30. The number of piperazine rings is 1. The molecule has 1 saturated heterocycles. The van der Waals surface area contributed by atoms with Crippen molar-refractivity contribution in [3.63, 3.8) is 0 Å². The van der Waals surface area contributed by atoms with Crippen LogP contribution in [0.15, 0.2) is 41.9 Å². The molecule has 1 N–H and O–H groups in total. The number of carbonyl (C=O) groups excluding carboxylic acids is 1. The topological polar surface area (TPSA) is 51.2 Å². The molecule has 0 radical (unpaired) electrons. The van der Waals surface area contributed by atoms with Crippen LogP contribution in [0.1, 0.15) is 5.56 Å². The fraction of sp³-hybridized carbons (Fsp3) is 0.474. The van der Waals surface area contributed by atoms with Gasteiger partial charge in [0.05, 0.1) is 0 Å². The van der Waals surface area contributed by atoms with Crippen LogP contribution in [0.4, 0.5) is 0 Å². The Bertz CT molecular complexity index is 639. The van der Waals surface area contributed by atoms with E-state index in [1.807, 2.05) is 18.2 Å². The van der Waals surface area contributed by atoms with Gasteiger partial charge in [-0.1, -0.05) is 29.8 Å². The number of hydrogen-bond acceptors (Lipinski definition) is 3. The molecule has 1 aliphatic rings. The lowest BCUT2D eigenvalue weighted by atomic mass is 10.2. The fourth-order valence-corrected chi connectivity index (χ4v) is 2.94. The lowest BCUT2D eigenvalue weighted by Crippen LogP contribution is -2.52. The monoisotopic (exact) mass is 377 g/mol. The predicted molar refractivity (Wildman–Crippen MR) is 107 cm³/mol. The summed E-state index contributed by atoms with van der Waals surface area (Å²) in [4.78, 5) is 22.5. The van der Waals surface area contributed by atoms with Crippen molar-refractivity contribution in [2.45, 2.75) is 6.54 Å². The molecular weight excluding hydrogens is 350 g/mol. The molecule has 1 aromatic carbocycles. The maximum absolute atomic E-state index is 11.8. The molecule has 1 aliphatic heterocycles. The Labute approximate surface area is 161 Å². The van der Waals surface area contributed by atoms with Gasteiger partial charge in [-0.25, -0.2) is 4.99 Å². The van der Waals surface area contributed by atoms with E-state index in [0.717, 1.165) is 43.7 Å². The summed E-state index contributed by atoms with van der Waals surface area (Å²) in [5.41, 5.74) is 1.22. The van der Waals surface area contributed by atoms with E-state index < -0.39 is 0 Å². The number of hydrogen-bond donors (Lipinski definition) is 1. The average molecular weight is 378 g/mol. The Morgan fingerprint density at radius 1 is 1.35 bits per heavy atom. The van der Waals surface area contributed by atoms with Crippen LogP contribution in [-0.2, 0) is 11.3 Å². The number of carbonyl (C=O) groups is 1. The van der Waals surface area contributed by atoms with Gasteiger partial charge in [0, 0.05) is 58.4 Å². The number of guanidine groups is 1. The first-order chi connectivity index (χ1) is 12.5. The Hall–Kier alpha value is -2.05. The molecule has 0 saturated carbocycles. The van der Waals surface area contributed by atoms with Crippen LogP contribution < -0.4 is 5.32 Å². The number of amides is 1. The van der Waals surface area contributed by atoms with Crippen molar-refractivity contribution >= 4 is 23.5 Å². The van der Waals surface area contributed by atoms with E-state index in [0.29, 0.717) is 6.54 Å². The summed E-state index contributed by atoms with van der Waals surface area (Å²) >= 11 is 6.07. The number of rotatable bonds is 6. The van der Waals surface area contributed by atoms with Gasteiger partial charge >= 0.3 is 0 Å². The predicted octanol–water partition coefficient (Wildman–Crippen LogP) is 1.68. The molecule has 2 rings (SSSR count). The molecule has 6 nitrogen and oxygen atoms in total. The molecule has 1 fully saturated rings. The molecule has 26 heavy (non-hydrogen) atoms. The highest BCUT2D eigenvalue weighted by Gasteiger charge is 2.20. The van der Waals surface area contributed by atoms with E-state index >= 15 is 0 Å². The van der Waals surface area contributed by atoms with Crippen LogP contribution >= 0.6 is 11.6 Å². The molecule has 1 heterocycles. The Balaban J connectivity index is 1.92. The van der Waals surface area contributed by atoms with Gasteiger partial charge in [0.2, 0.25) is 5.91 Å². The minimum atomic E-state index is -0.0116. The van der Waals surface area contributed by atoms with E-state index in [2.05, 4.69) is 32.8 Å². The van der Waals surface area contributed by atoms with Gasteiger partial charge in [-0.05, 0) is 17.7 Å². The van der Waals surface area contributed by atoms with E-state index in [1.54, 1.807) is 25.1 Å². The van der Waals surface area contributed by atoms with Gasteiger partial charge in [0.25, 0.3) is 0 Å². The van der Waals surface area contributed by atoms with Crippen molar-refractivity contribution in [1.29, 1.82) is 0 Å². The van der Waals surface area contributed by atoms with Crippen molar-refractivity contribution in [3.8, 4) is 0 Å². The van der Waals surface area contributed by atoms with Crippen LogP contribution in [0, 0.1) is 0 Å². The largest absolute Gasteiger partial charge is 0.353 e. The van der Waals surface area contributed by atoms with Crippen LogP contribution in [0.25, 0.3) is 0 Å². The molecule has 142 valence electrons. The summed E-state index contributed by atoms with van der Waals surface area (Å²) in [6.45, 7) is 8.99. The standard InChI is InChI=1S/C19H28ClN5O/c1-4-8-21-19(22-14-18(26)23(2)3)25-11-9-24(10-12-25)15-16-6-5-7-17(20)13-16/h4-7,13H,1,8-12,14-15H2,2-3H3,(H,21,22). The van der Waals surface area contributed by atoms with E-state index in [1.165, 1.54) is 5.56 Å². The average Bonchev–Trinajstić information content (AvgIpc) is 2.62. The summed E-state index contributed by atoms with van der Waals surface area (Å²) < 4.78 is 0. The zero-order valence-electron chi connectivity index (χ0n) is 15.6. The van der Waals surface area contributed by atoms with Crippen molar-refractivity contribution in [1.82, 2.24) is 20.0 Å². The van der Waals surface area contributed by atoms with Crippen molar-refractivity contribution in [3.05, 3.63) is 47.5 Å². The van der Waals surface area contributed by atoms with Crippen LogP contribution in [0.3, 0.4) is 0 Å². The molecule has 0 atom stereocenters. The Morgan fingerprint density at radius 3 is 2.69 bits per heavy atom. The van der Waals surface area contributed by atoms with Gasteiger partial charge < -0.3 is 15.1 Å². The molecule has 1 amide bonds. The molecule has 7 heteroatoms. The fourth-order valence-electron chi connectivity index (χ4n) is 2.73. The van der Waals surface area contributed by atoms with Gasteiger partial charge in [-0.3, -0.25) is 9.69 Å². The number of likely N-dealkylation sites (N-methyl/N-ethyl adjacent to an activating group) is 1. The molecule has 0 bridgehead atoms. The van der Waals surface area contributed by atoms with Gasteiger partial charge in [-0.2, -0.15) is 0 Å². The number of halogens is 1. The van der Waals surface area contributed by atoms with E-state index in [4.69, 9.17) is 11.6 Å². The molecule has 0 aromatic heterocycles. The van der Waals surface area contributed by atoms with Crippen LogP contribution in [-0.4, -0.2) is 79.9 Å². The van der Waals surface area contributed by atoms with Crippen molar-refractivity contribution in [2.24, 2.45) is 4.99 Å². The van der Waals surface area contributed by atoms with Crippen LogP contribution in [0.5, 0.6) is 0 Å². The highest BCUT2D eigenvalue weighted by atomic mass is 35.5. The zero-order chi connectivity index (χ0) is 18.9. The molecule has 0 unspecified atom stereocenters. The smallest absolute Gasteiger partial charge is 0.243 e. The maximum Gasteiger partial charge on any atom is 0.243 e. The normalized spacial score (nSPS) is 15.7. The van der Waals surface area contributed by atoms with Crippen LogP contribution in [0.2, 0.25) is 5.02 Å². The molecule has 1 aromatic rings. The van der Waals surface area contributed by atoms with Gasteiger partial charge in [-0.15, -0.1) is 6.58 Å². The van der Waals surface area contributed by atoms with Crippen molar-refractivity contribution < 1.29 is 4.79 Å². The quantitative estimate of drug-likeness (QED) is 0.465. The minimum absolute atomic E-state index is 0.0116. The lowest BCUT2D eigenvalue weighted by Gasteiger charge is -2.36. The third-order valence-corrected chi connectivity index (χ3v) is 4.47. The first-order valence-corrected chi connectivity index (χ1v) is 9.18. The summed E-state index contributed by atoms with van der Waals surface area (Å²) in [6.07, 6.45) is 1.79. The number of nitrogens with one attached hydrogen (secondary N) is 1. The minimum Gasteiger partial charge on any atom is -0.353 e. The first kappa shape index (κ1) is 20.3. The summed E-state index contributed by atoms with van der Waals surface area (Å²) in [7, 11) is 3.48. The SMILES string of the molecule is C=CCNC(=NCC(=O)N(C)C)N1CCN(Cc2cccc(Cl)c2)CC1. The summed E-state index contributed by atoms with van der Waals surface area (Å²) in [5, 5.41) is 4.03. The molecular formula is C19H28ClN5O. The second-order valence-corrected chi connectivity index (χ2v) is 6.93. The zero-order valence-corrected chi connectivity index (χ0v) is 16.4. The molecule has 0 spiro atoms. The van der Waals surface area contributed by atoms with Gasteiger partial charge in [0.1, 0.15) is 6.54 Å². The third-order valence-electron chi connectivity index (χ3n) is 4.23. The van der Waals surface area contributed by atoms with E-state index in [9.17, 15) is 4.79 Å². The third kappa shape index (κ3) is 6.35. The van der Waals surface area contributed by atoms with Gasteiger partial charge in [0.15, 0.2) is 5.96 Å². The number of nitrogens with zero attached hydrogens (tertiary/aromatic N) is 4. The van der Waals surface area contributed by atoms with E-state index in [-0.39, 0.29) is 12.5 Å². The first-order valence-electron chi connectivity index (χ1n) is 8.80. The molecule has 0 aliphatic carbocycles. The van der Waals surface area contributed by atoms with Crippen molar-refractivity contribution in [2.75, 3.05) is 53.4 Å².